The summed E-state index contributed by atoms with van der Waals surface area (Å²) in [4.78, 5) is 16.2. The highest BCUT2D eigenvalue weighted by molar-refractivity contribution is 6.00. The first kappa shape index (κ1) is 13.8. The normalized spacial score (nSPS) is 10.9. The zero-order chi connectivity index (χ0) is 15.4. The zero-order valence-corrected chi connectivity index (χ0v) is 11.6. The monoisotopic (exact) mass is 291 g/mol. The number of amides is 1. The van der Waals surface area contributed by atoms with Crippen molar-refractivity contribution in [2.75, 3.05) is 0 Å². The molecule has 3 rings (SSSR count). The van der Waals surface area contributed by atoms with E-state index >= 15 is 0 Å². The van der Waals surface area contributed by atoms with E-state index in [0.29, 0.717) is 0 Å². The third-order valence-electron chi connectivity index (χ3n) is 3.20. The predicted molar refractivity (Wildman–Crippen MR) is 84.9 cm³/mol. The average molecular weight is 291 g/mol. The fraction of sp³-hybridized carbons (Fsp3) is 0. The zero-order valence-electron chi connectivity index (χ0n) is 11.6. The highest BCUT2D eigenvalue weighted by Crippen LogP contribution is 2.16. The molecule has 5 nitrogen and oxygen atoms in total. The van der Waals surface area contributed by atoms with Crippen LogP contribution in [0, 0.1) is 0 Å². The van der Waals surface area contributed by atoms with Crippen molar-refractivity contribution in [1.82, 2.24) is 10.4 Å². The van der Waals surface area contributed by atoms with Crippen LogP contribution in [0.1, 0.15) is 15.9 Å². The highest BCUT2D eigenvalue weighted by atomic mass is 16.3. The third kappa shape index (κ3) is 2.78. The number of aromatic nitrogens is 1. The Morgan fingerprint density at radius 2 is 1.86 bits per heavy atom. The fourth-order valence-corrected chi connectivity index (χ4v) is 2.12. The van der Waals surface area contributed by atoms with Crippen molar-refractivity contribution in [3.63, 3.8) is 0 Å². The molecule has 1 aromatic heterocycles. The third-order valence-corrected chi connectivity index (χ3v) is 3.20. The minimum Gasteiger partial charge on any atom is -0.507 e. The van der Waals surface area contributed by atoms with Gasteiger partial charge in [-0.3, -0.25) is 9.78 Å². The van der Waals surface area contributed by atoms with Gasteiger partial charge in [0.15, 0.2) is 0 Å². The molecule has 0 radical (unpaired) electrons. The highest BCUT2D eigenvalue weighted by Gasteiger charge is 2.08. The van der Waals surface area contributed by atoms with Gasteiger partial charge >= 0.3 is 0 Å². The molecule has 0 aliphatic carbocycles. The molecular weight excluding hydrogens is 278 g/mol. The Hall–Kier alpha value is -3.21. The van der Waals surface area contributed by atoms with Crippen LogP contribution in [0.15, 0.2) is 65.9 Å². The number of phenols is 1. The largest absolute Gasteiger partial charge is 0.507 e. The van der Waals surface area contributed by atoms with Gasteiger partial charge in [-0.1, -0.05) is 30.3 Å². The second-order valence-electron chi connectivity index (χ2n) is 4.63. The number of fused-ring (bicyclic) bond motifs is 1. The molecule has 0 saturated heterocycles. The maximum Gasteiger partial charge on any atom is 0.275 e. The van der Waals surface area contributed by atoms with Gasteiger partial charge in [0.1, 0.15) is 5.75 Å². The summed E-state index contributed by atoms with van der Waals surface area (Å²) in [5.41, 5.74) is 4.29. The Balaban J connectivity index is 1.80. The molecule has 0 fully saturated rings. The van der Waals surface area contributed by atoms with E-state index < -0.39 is 5.91 Å². The van der Waals surface area contributed by atoms with Crippen LogP contribution in [-0.2, 0) is 0 Å². The summed E-state index contributed by atoms with van der Waals surface area (Å²) in [7, 11) is 0. The SMILES string of the molecule is O=C(N/N=C\c1ccnc2ccccc12)c1ccccc1O. The second-order valence-corrected chi connectivity index (χ2v) is 4.63. The van der Waals surface area contributed by atoms with E-state index in [1.54, 1.807) is 24.5 Å². The second kappa shape index (κ2) is 6.05. The number of aromatic hydroxyl groups is 1. The number of carbonyl (C=O) groups is 1. The van der Waals surface area contributed by atoms with Gasteiger partial charge in [0.05, 0.1) is 17.3 Å². The van der Waals surface area contributed by atoms with Crippen molar-refractivity contribution in [1.29, 1.82) is 0 Å². The quantitative estimate of drug-likeness (QED) is 0.575. The number of nitrogens with one attached hydrogen (secondary N) is 1. The summed E-state index contributed by atoms with van der Waals surface area (Å²) < 4.78 is 0. The van der Waals surface area contributed by atoms with Crippen LogP contribution in [0.2, 0.25) is 0 Å². The van der Waals surface area contributed by atoms with Gasteiger partial charge < -0.3 is 5.11 Å². The van der Waals surface area contributed by atoms with Gasteiger partial charge in [-0.25, -0.2) is 5.43 Å². The Morgan fingerprint density at radius 3 is 2.73 bits per heavy atom. The molecule has 1 amide bonds. The van der Waals surface area contributed by atoms with Crippen LogP contribution in [0.25, 0.3) is 10.9 Å². The first-order valence-electron chi connectivity index (χ1n) is 6.71. The Bertz CT molecular complexity index is 854. The molecule has 0 bridgehead atoms. The first-order valence-corrected chi connectivity index (χ1v) is 6.71. The van der Waals surface area contributed by atoms with Crippen LogP contribution in [0.5, 0.6) is 5.75 Å². The van der Waals surface area contributed by atoms with Crippen LogP contribution >= 0.6 is 0 Å². The molecule has 0 atom stereocenters. The number of benzene rings is 2. The summed E-state index contributed by atoms with van der Waals surface area (Å²) in [6, 6.07) is 15.8. The molecule has 22 heavy (non-hydrogen) atoms. The summed E-state index contributed by atoms with van der Waals surface area (Å²) in [5.74, 6) is -0.544. The van der Waals surface area contributed by atoms with Gasteiger partial charge in [0.2, 0.25) is 0 Å². The van der Waals surface area contributed by atoms with Crippen LogP contribution < -0.4 is 5.43 Å². The van der Waals surface area contributed by atoms with E-state index in [0.717, 1.165) is 16.5 Å². The number of para-hydroxylation sites is 2. The number of nitrogens with zero attached hydrogens (tertiary/aromatic N) is 2. The molecule has 0 aliphatic heterocycles. The minimum absolute atomic E-state index is 0.0791. The van der Waals surface area contributed by atoms with Crippen LogP contribution in [0.4, 0.5) is 0 Å². The molecular formula is C17H13N3O2. The lowest BCUT2D eigenvalue weighted by Crippen LogP contribution is -2.17. The van der Waals surface area contributed by atoms with E-state index in [9.17, 15) is 9.90 Å². The number of hydrogen-bond acceptors (Lipinski definition) is 4. The van der Waals surface area contributed by atoms with Crippen LogP contribution in [0.3, 0.4) is 0 Å². The number of phenolic OH excluding ortho intramolecular Hbond substituents is 1. The van der Waals surface area contributed by atoms with Crippen molar-refractivity contribution in [2.24, 2.45) is 5.10 Å². The van der Waals surface area contributed by atoms with Gasteiger partial charge in [-0.15, -0.1) is 0 Å². The molecule has 0 spiro atoms. The lowest BCUT2D eigenvalue weighted by atomic mass is 10.1. The fourth-order valence-electron chi connectivity index (χ4n) is 2.12. The predicted octanol–water partition coefficient (Wildman–Crippen LogP) is 2.70. The topological polar surface area (TPSA) is 74.6 Å². The van der Waals surface area contributed by atoms with E-state index in [1.807, 2.05) is 30.3 Å². The van der Waals surface area contributed by atoms with E-state index in [-0.39, 0.29) is 11.3 Å². The molecule has 2 N–H and O–H groups in total. The van der Waals surface area contributed by atoms with Gasteiger partial charge in [0, 0.05) is 17.1 Å². The van der Waals surface area contributed by atoms with E-state index in [1.165, 1.54) is 12.1 Å². The molecule has 108 valence electrons. The van der Waals surface area contributed by atoms with E-state index in [4.69, 9.17) is 0 Å². The molecule has 1 heterocycles. The maximum atomic E-state index is 11.9. The lowest BCUT2D eigenvalue weighted by Gasteiger charge is -2.03. The Kier molecular flexibility index (Phi) is 3.78. The standard InChI is InChI=1S/C17H13N3O2/c21-16-8-4-2-6-14(16)17(22)20-19-11-12-9-10-18-15-7-3-1-5-13(12)15/h1-11,21H,(H,20,22)/b19-11-. The van der Waals surface area contributed by atoms with Crippen molar-refractivity contribution in [2.45, 2.75) is 0 Å². The number of carbonyl (C=O) groups excluding carboxylic acids is 1. The smallest absolute Gasteiger partial charge is 0.275 e. The van der Waals surface area contributed by atoms with Gasteiger partial charge in [0.25, 0.3) is 5.91 Å². The van der Waals surface area contributed by atoms with Crippen LogP contribution in [-0.4, -0.2) is 22.2 Å². The van der Waals surface area contributed by atoms with Gasteiger partial charge in [-0.2, -0.15) is 5.10 Å². The lowest BCUT2D eigenvalue weighted by molar-refractivity contribution is 0.0952. The maximum absolute atomic E-state index is 11.9. The number of hydrazone groups is 1. The van der Waals surface area contributed by atoms with Crippen molar-refractivity contribution in [3.8, 4) is 5.75 Å². The average Bonchev–Trinajstić information content (AvgIpc) is 2.55. The summed E-state index contributed by atoms with van der Waals surface area (Å²) in [5, 5.41) is 14.5. The first-order chi connectivity index (χ1) is 10.8. The van der Waals surface area contributed by atoms with Crippen molar-refractivity contribution in [3.05, 3.63) is 71.9 Å². The summed E-state index contributed by atoms with van der Waals surface area (Å²) in [6.45, 7) is 0. The Morgan fingerprint density at radius 1 is 1.09 bits per heavy atom. The molecule has 0 aliphatic rings. The molecule has 3 aromatic rings. The minimum atomic E-state index is -0.465. The number of pyridine rings is 1. The Labute approximate surface area is 126 Å². The summed E-state index contributed by atoms with van der Waals surface area (Å²) >= 11 is 0. The molecule has 5 heteroatoms. The van der Waals surface area contributed by atoms with Gasteiger partial charge in [-0.05, 0) is 24.3 Å². The molecule has 2 aromatic carbocycles. The summed E-state index contributed by atoms with van der Waals surface area (Å²) in [6.07, 6.45) is 3.25. The van der Waals surface area contributed by atoms with Crippen molar-refractivity contribution >= 4 is 23.0 Å². The van der Waals surface area contributed by atoms with Crippen molar-refractivity contribution < 1.29 is 9.90 Å². The number of hydrogen-bond donors (Lipinski definition) is 2. The number of rotatable bonds is 3. The molecule has 0 saturated carbocycles. The van der Waals surface area contributed by atoms with E-state index in [2.05, 4.69) is 15.5 Å². The molecule has 0 unspecified atom stereocenters.